The van der Waals surface area contributed by atoms with Gasteiger partial charge in [0.15, 0.2) is 0 Å². The molecule has 0 aliphatic carbocycles. The fraction of sp³-hybridized carbons (Fsp3) is 0.875. The highest BCUT2D eigenvalue weighted by atomic mass is 16.2. The maximum atomic E-state index is 11.3. The van der Waals surface area contributed by atoms with Crippen LogP contribution in [0.3, 0.4) is 0 Å². The van der Waals surface area contributed by atoms with Gasteiger partial charge in [-0.2, -0.15) is 5.11 Å². The second-order valence-corrected chi connectivity index (χ2v) is 4.17. The Morgan fingerprint density at radius 3 is 3.15 bits per heavy atom. The quantitative estimate of drug-likeness (QED) is 0.494. The molecule has 2 atom stereocenters. The van der Waals surface area contributed by atoms with E-state index in [4.69, 9.17) is 0 Å². The van der Waals surface area contributed by atoms with Crippen LogP contribution in [-0.4, -0.2) is 47.0 Å². The number of amides is 1. The Hall–Kier alpha value is -1.13. The van der Waals surface area contributed by atoms with Crippen molar-refractivity contribution in [2.45, 2.75) is 24.9 Å². The molecule has 3 heterocycles. The molecule has 0 saturated carbocycles. The molecule has 0 aromatic heterocycles. The largest absolute Gasteiger partial charge is 0.333 e. The van der Waals surface area contributed by atoms with Gasteiger partial charge in [0.25, 0.3) is 0 Å². The van der Waals surface area contributed by atoms with E-state index in [1.165, 1.54) is 0 Å². The maximum Gasteiger partial charge on any atom is 0.225 e. The van der Waals surface area contributed by atoms with E-state index < -0.39 is 0 Å². The van der Waals surface area contributed by atoms with Gasteiger partial charge in [-0.1, -0.05) is 5.22 Å². The van der Waals surface area contributed by atoms with Gasteiger partial charge >= 0.3 is 0 Å². The maximum absolute atomic E-state index is 11.3. The van der Waals surface area contributed by atoms with Gasteiger partial charge in [0.1, 0.15) is 0 Å². The minimum absolute atomic E-state index is 0.0127. The molecule has 2 saturated heterocycles. The highest BCUT2D eigenvalue weighted by molar-refractivity contribution is 5.85. The lowest BCUT2D eigenvalue weighted by atomic mass is 9.77. The van der Waals surface area contributed by atoms with E-state index in [1.807, 2.05) is 9.91 Å². The molecule has 5 nitrogen and oxygen atoms in total. The van der Waals surface area contributed by atoms with Crippen LogP contribution in [0.1, 0.15) is 13.3 Å². The van der Waals surface area contributed by atoms with Gasteiger partial charge < -0.3 is 4.90 Å². The van der Waals surface area contributed by atoms with E-state index in [0.29, 0.717) is 12.5 Å². The van der Waals surface area contributed by atoms with Crippen molar-refractivity contribution in [3.05, 3.63) is 0 Å². The molecule has 0 radical (unpaired) electrons. The molecule has 5 heteroatoms. The smallest absolute Gasteiger partial charge is 0.225 e. The normalized spacial score (nSPS) is 41.6. The van der Waals surface area contributed by atoms with Crippen molar-refractivity contribution in [2.24, 2.45) is 10.3 Å². The minimum atomic E-state index is 0.0127. The Labute approximate surface area is 76.4 Å². The average molecular weight is 180 g/mol. The van der Waals surface area contributed by atoms with Crippen molar-refractivity contribution in [3.63, 3.8) is 0 Å². The molecule has 0 bridgehead atoms. The predicted octanol–water partition coefficient (Wildman–Crippen LogP) is 0.0424. The molecule has 0 aromatic rings. The first kappa shape index (κ1) is 7.29. The molecule has 0 N–H and O–H groups in total. The van der Waals surface area contributed by atoms with Crippen molar-refractivity contribution >= 4 is 5.91 Å². The SMILES string of the molecule is C[C@]12CC(=O)N1CCN1N=NC[C@@H]12. The Balaban J connectivity index is 1.92. The van der Waals surface area contributed by atoms with Crippen molar-refractivity contribution in [1.82, 2.24) is 9.91 Å². The van der Waals surface area contributed by atoms with E-state index in [2.05, 4.69) is 17.3 Å². The fourth-order valence-electron chi connectivity index (χ4n) is 2.64. The van der Waals surface area contributed by atoms with Crippen LogP contribution >= 0.6 is 0 Å². The van der Waals surface area contributed by atoms with Crippen LogP contribution < -0.4 is 0 Å². The number of hydrogen-bond donors (Lipinski definition) is 0. The standard InChI is InChI=1S/C8H12N4O/c1-8-4-7(13)11(8)2-3-12-6(8)5-9-10-12/h6H,2-5H2,1H3/t6-,8-/m1/s1. The summed E-state index contributed by atoms with van der Waals surface area (Å²) < 4.78 is 0. The third-order valence-electron chi connectivity index (χ3n) is 3.49. The molecule has 13 heavy (non-hydrogen) atoms. The van der Waals surface area contributed by atoms with Gasteiger partial charge in [-0.15, -0.1) is 0 Å². The summed E-state index contributed by atoms with van der Waals surface area (Å²) in [6.45, 7) is 4.54. The molecule has 3 rings (SSSR count). The minimum Gasteiger partial charge on any atom is -0.333 e. The van der Waals surface area contributed by atoms with E-state index in [-0.39, 0.29) is 11.4 Å². The third kappa shape index (κ3) is 0.703. The van der Waals surface area contributed by atoms with E-state index >= 15 is 0 Å². The van der Waals surface area contributed by atoms with E-state index in [9.17, 15) is 4.79 Å². The van der Waals surface area contributed by atoms with Gasteiger partial charge in [0.2, 0.25) is 5.91 Å². The summed E-state index contributed by atoms with van der Waals surface area (Å²) in [5, 5.41) is 10.1. The van der Waals surface area contributed by atoms with Crippen LogP contribution in [-0.2, 0) is 4.79 Å². The summed E-state index contributed by atoms with van der Waals surface area (Å²) in [5.74, 6) is 0.286. The molecule has 0 spiro atoms. The van der Waals surface area contributed by atoms with Gasteiger partial charge in [-0.3, -0.25) is 9.80 Å². The van der Waals surface area contributed by atoms with Crippen LogP contribution in [0.2, 0.25) is 0 Å². The van der Waals surface area contributed by atoms with Gasteiger partial charge in [-0.05, 0) is 6.92 Å². The lowest BCUT2D eigenvalue weighted by Gasteiger charge is -2.57. The van der Waals surface area contributed by atoms with Crippen molar-refractivity contribution in [1.29, 1.82) is 0 Å². The Morgan fingerprint density at radius 2 is 2.38 bits per heavy atom. The van der Waals surface area contributed by atoms with Crippen LogP contribution in [0.25, 0.3) is 0 Å². The zero-order valence-corrected chi connectivity index (χ0v) is 7.60. The molecule has 3 aliphatic heterocycles. The second-order valence-electron chi connectivity index (χ2n) is 4.17. The Bertz CT molecular complexity index is 303. The first-order valence-corrected chi connectivity index (χ1v) is 4.66. The monoisotopic (exact) mass is 180 g/mol. The summed E-state index contributed by atoms with van der Waals surface area (Å²) in [6.07, 6.45) is 0.666. The number of carbonyl (C=O) groups excluding carboxylic acids is 1. The number of carbonyl (C=O) groups is 1. The molecular formula is C8H12N4O. The lowest BCUT2D eigenvalue weighted by Crippen LogP contribution is -2.74. The van der Waals surface area contributed by atoms with Crippen LogP contribution in [0.5, 0.6) is 0 Å². The number of fused-ring (bicyclic) bond motifs is 3. The first-order chi connectivity index (χ1) is 6.22. The van der Waals surface area contributed by atoms with Crippen LogP contribution in [0.15, 0.2) is 10.3 Å². The summed E-state index contributed by atoms with van der Waals surface area (Å²) in [6, 6.07) is 0.332. The van der Waals surface area contributed by atoms with Gasteiger partial charge in [0.05, 0.1) is 31.1 Å². The molecule has 70 valence electrons. The fourth-order valence-corrected chi connectivity index (χ4v) is 2.64. The zero-order valence-electron chi connectivity index (χ0n) is 7.60. The number of piperazine rings is 1. The average Bonchev–Trinajstić information content (AvgIpc) is 2.51. The van der Waals surface area contributed by atoms with Crippen LogP contribution in [0, 0.1) is 0 Å². The van der Waals surface area contributed by atoms with Crippen molar-refractivity contribution < 1.29 is 4.79 Å². The molecule has 0 unspecified atom stereocenters. The number of β-lactam (4-membered cyclic amide) rings is 1. The summed E-state index contributed by atoms with van der Waals surface area (Å²) in [5.41, 5.74) is 0.0127. The van der Waals surface area contributed by atoms with Gasteiger partial charge in [0, 0.05) is 6.54 Å². The number of rotatable bonds is 0. The number of nitrogens with zero attached hydrogens (tertiary/aromatic N) is 4. The summed E-state index contributed by atoms with van der Waals surface area (Å²) >= 11 is 0. The predicted molar refractivity (Wildman–Crippen MR) is 45.0 cm³/mol. The van der Waals surface area contributed by atoms with Crippen LogP contribution in [0.4, 0.5) is 0 Å². The topological polar surface area (TPSA) is 48.3 Å². The molecule has 2 fully saturated rings. The zero-order chi connectivity index (χ0) is 9.05. The van der Waals surface area contributed by atoms with Crippen molar-refractivity contribution in [3.8, 4) is 0 Å². The first-order valence-electron chi connectivity index (χ1n) is 4.66. The van der Waals surface area contributed by atoms with Crippen molar-refractivity contribution in [2.75, 3.05) is 19.6 Å². The summed E-state index contributed by atoms with van der Waals surface area (Å²) in [7, 11) is 0. The molecular weight excluding hydrogens is 168 g/mol. The third-order valence-corrected chi connectivity index (χ3v) is 3.49. The van der Waals surface area contributed by atoms with E-state index in [1.54, 1.807) is 0 Å². The molecule has 0 aromatic carbocycles. The molecule has 1 amide bonds. The molecule has 3 aliphatic rings. The highest BCUT2D eigenvalue weighted by Crippen LogP contribution is 2.41. The highest BCUT2D eigenvalue weighted by Gasteiger charge is 2.57. The Kier molecular flexibility index (Phi) is 1.14. The van der Waals surface area contributed by atoms with E-state index in [0.717, 1.165) is 19.6 Å². The second kappa shape index (κ2) is 2.02. The lowest BCUT2D eigenvalue weighted by molar-refractivity contribution is -0.169. The summed E-state index contributed by atoms with van der Waals surface area (Å²) in [4.78, 5) is 13.3. The van der Waals surface area contributed by atoms with Gasteiger partial charge in [-0.25, -0.2) is 0 Å². The number of hydrogen-bond acceptors (Lipinski definition) is 4. The Morgan fingerprint density at radius 1 is 1.54 bits per heavy atom.